The monoisotopic (exact) mass is 465 g/mol. The average Bonchev–Trinajstić information content (AvgIpc) is 3.53. The fourth-order valence-electron chi connectivity index (χ4n) is 4.08. The van der Waals surface area contributed by atoms with Gasteiger partial charge in [-0.3, -0.25) is 0 Å². The van der Waals surface area contributed by atoms with Crippen LogP contribution in [0.1, 0.15) is 5.82 Å². The summed E-state index contributed by atoms with van der Waals surface area (Å²) in [5.41, 5.74) is 3.33. The number of nitrogens with one attached hydrogen (secondary N) is 4. The molecule has 0 unspecified atom stereocenters. The summed E-state index contributed by atoms with van der Waals surface area (Å²) < 4.78 is 5.49. The van der Waals surface area contributed by atoms with Gasteiger partial charge in [-0.05, 0) is 29.6 Å². The van der Waals surface area contributed by atoms with E-state index in [1.807, 2.05) is 18.2 Å². The largest absolute Gasteiger partial charge is 0.370 e. The molecule has 162 valence electrons. The zero-order valence-electron chi connectivity index (χ0n) is 17.1. The molecule has 0 saturated carbocycles. The Balaban J connectivity index is 1.44. The number of quaternary nitrogens is 1. The maximum Gasteiger partial charge on any atom is 0.323 e. The molecular weight excluding hydrogens is 444 g/mol. The summed E-state index contributed by atoms with van der Waals surface area (Å²) >= 11 is 3.36. The van der Waals surface area contributed by atoms with E-state index >= 15 is 0 Å². The topological polar surface area (TPSA) is 100 Å². The number of ether oxygens (including phenoxy) is 1. The van der Waals surface area contributed by atoms with Crippen LogP contribution in [0, 0.1) is 0 Å². The Bertz CT molecular complexity index is 1450. The number of anilines is 2. The van der Waals surface area contributed by atoms with Crippen LogP contribution in [0.25, 0.3) is 31.7 Å². The van der Waals surface area contributed by atoms with Crippen LogP contribution in [-0.2, 0) is 11.3 Å². The molecule has 0 atom stereocenters. The van der Waals surface area contributed by atoms with Gasteiger partial charge < -0.3 is 24.9 Å². The van der Waals surface area contributed by atoms with Gasteiger partial charge in [0.2, 0.25) is 0 Å². The predicted octanol–water partition coefficient (Wildman–Crippen LogP) is 2.75. The van der Waals surface area contributed by atoms with Crippen molar-refractivity contribution in [2.45, 2.75) is 6.54 Å². The van der Waals surface area contributed by atoms with E-state index in [0.717, 1.165) is 77.0 Å². The molecule has 1 aliphatic rings. The molecule has 0 amide bonds. The van der Waals surface area contributed by atoms with Crippen LogP contribution in [0.5, 0.6) is 0 Å². The summed E-state index contributed by atoms with van der Waals surface area (Å²) in [6.45, 7) is 4.25. The normalized spacial score (nSPS) is 15.0. The molecule has 0 aliphatic carbocycles. The molecule has 5 aromatic rings. The summed E-state index contributed by atoms with van der Waals surface area (Å²) in [5.74, 6) is 1.62. The Morgan fingerprint density at radius 2 is 1.97 bits per heavy atom. The SMILES string of the molecule is O=c1[nH]c2ccc(Nc3nc(C[NH+]4CCOCC4)nc4scc(-c5cccs5)c34)cc2[nH]1. The van der Waals surface area contributed by atoms with Gasteiger partial charge in [0.05, 0.1) is 29.6 Å². The molecule has 4 N–H and O–H groups in total. The van der Waals surface area contributed by atoms with E-state index < -0.39 is 0 Å². The van der Waals surface area contributed by atoms with Gasteiger partial charge in [0.1, 0.15) is 30.3 Å². The molecule has 6 rings (SSSR count). The lowest BCUT2D eigenvalue weighted by Crippen LogP contribution is -3.12. The molecule has 1 saturated heterocycles. The third-order valence-corrected chi connectivity index (χ3v) is 7.43. The number of benzene rings is 1. The molecule has 0 bridgehead atoms. The lowest BCUT2D eigenvalue weighted by Gasteiger charge is -2.23. The molecule has 1 aliphatic heterocycles. The number of hydrogen-bond acceptors (Lipinski definition) is 7. The minimum absolute atomic E-state index is 0.213. The Hall–Kier alpha value is -3.05. The summed E-state index contributed by atoms with van der Waals surface area (Å²) in [4.78, 5) is 30.7. The lowest BCUT2D eigenvalue weighted by atomic mass is 10.2. The van der Waals surface area contributed by atoms with Crippen molar-refractivity contribution in [2.24, 2.45) is 0 Å². The predicted molar refractivity (Wildman–Crippen MR) is 128 cm³/mol. The molecule has 8 nitrogen and oxygen atoms in total. The van der Waals surface area contributed by atoms with Crippen LogP contribution in [0.2, 0.25) is 0 Å². The van der Waals surface area contributed by atoms with Crippen molar-refractivity contribution in [2.75, 3.05) is 31.6 Å². The molecule has 0 spiro atoms. The van der Waals surface area contributed by atoms with E-state index in [2.05, 4.69) is 38.2 Å². The molecule has 0 radical (unpaired) electrons. The van der Waals surface area contributed by atoms with Gasteiger partial charge in [-0.15, -0.1) is 22.7 Å². The Labute approximate surface area is 190 Å². The lowest BCUT2D eigenvalue weighted by molar-refractivity contribution is -0.922. The molecule has 5 heterocycles. The van der Waals surface area contributed by atoms with Crippen molar-refractivity contribution in [1.29, 1.82) is 0 Å². The van der Waals surface area contributed by atoms with E-state index in [1.165, 1.54) is 9.78 Å². The highest BCUT2D eigenvalue weighted by Crippen LogP contribution is 2.39. The van der Waals surface area contributed by atoms with E-state index in [0.29, 0.717) is 0 Å². The Morgan fingerprint density at radius 3 is 2.81 bits per heavy atom. The van der Waals surface area contributed by atoms with Gasteiger partial charge in [0.25, 0.3) is 0 Å². The number of thiophene rings is 2. The number of nitrogens with zero attached hydrogens (tertiary/aromatic N) is 2. The fourth-order valence-corrected chi connectivity index (χ4v) is 5.86. The highest BCUT2D eigenvalue weighted by Gasteiger charge is 2.20. The maximum absolute atomic E-state index is 11.6. The van der Waals surface area contributed by atoms with E-state index in [9.17, 15) is 4.79 Å². The molecule has 1 aromatic carbocycles. The number of aromatic amines is 2. The first-order valence-corrected chi connectivity index (χ1v) is 12.2. The minimum Gasteiger partial charge on any atom is -0.370 e. The van der Waals surface area contributed by atoms with Crippen LogP contribution >= 0.6 is 22.7 Å². The highest BCUT2D eigenvalue weighted by atomic mass is 32.1. The Morgan fingerprint density at radius 1 is 1.09 bits per heavy atom. The van der Waals surface area contributed by atoms with Crippen molar-refractivity contribution in [3.63, 3.8) is 0 Å². The van der Waals surface area contributed by atoms with Gasteiger partial charge in [-0.25, -0.2) is 14.8 Å². The van der Waals surface area contributed by atoms with Crippen LogP contribution in [0.15, 0.2) is 45.9 Å². The van der Waals surface area contributed by atoms with Crippen LogP contribution in [0.4, 0.5) is 11.5 Å². The van der Waals surface area contributed by atoms with Crippen LogP contribution in [0.3, 0.4) is 0 Å². The molecule has 4 aromatic heterocycles. The molecule has 32 heavy (non-hydrogen) atoms. The van der Waals surface area contributed by atoms with Crippen molar-refractivity contribution < 1.29 is 9.64 Å². The summed E-state index contributed by atoms with van der Waals surface area (Å²) in [7, 11) is 0. The second-order valence-corrected chi connectivity index (χ2v) is 9.60. The van der Waals surface area contributed by atoms with Crippen molar-refractivity contribution in [3.05, 3.63) is 57.4 Å². The van der Waals surface area contributed by atoms with E-state index in [1.54, 1.807) is 22.7 Å². The zero-order chi connectivity index (χ0) is 21.5. The number of morpholine rings is 1. The first kappa shape index (κ1) is 19.6. The third-order valence-electron chi connectivity index (χ3n) is 5.65. The Kier molecular flexibility index (Phi) is 4.99. The van der Waals surface area contributed by atoms with Gasteiger partial charge in [-0.2, -0.15) is 0 Å². The number of imidazole rings is 1. The quantitative estimate of drug-likeness (QED) is 0.320. The summed E-state index contributed by atoms with van der Waals surface area (Å²) in [6, 6.07) is 9.94. The second kappa shape index (κ2) is 8.14. The van der Waals surface area contributed by atoms with Gasteiger partial charge >= 0.3 is 5.69 Å². The second-order valence-electron chi connectivity index (χ2n) is 7.80. The highest BCUT2D eigenvalue weighted by molar-refractivity contribution is 7.18. The van der Waals surface area contributed by atoms with Crippen molar-refractivity contribution in [3.8, 4) is 10.4 Å². The zero-order valence-corrected chi connectivity index (χ0v) is 18.7. The maximum atomic E-state index is 11.6. The number of hydrogen-bond donors (Lipinski definition) is 4. The standard InChI is InChI=1S/C22H20N6O2S2/c29-22-24-15-4-3-13(10-16(15)25-22)23-20-19-14(17-2-1-9-31-17)12-32-21(19)27-18(26-20)11-28-5-7-30-8-6-28/h1-4,9-10,12H,5-8,11H2,(H,23,26,27)(H2,24,25,29)/p+1. The van der Waals surface area contributed by atoms with Gasteiger partial charge in [0, 0.05) is 21.5 Å². The number of aromatic nitrogens is 4. The smallest absolute Gasteiger partial charge is 0.323 e. The number of fused-ring (bicyclic) bond motifs is 2. The fraction of sp³-hybridized carbons (Fsp3) is 0.227. The van der Waals surface area contributed by atoms with Crippen molar-refractivity contribution >= 4 is 55.4 Å². The van der Waals surface area contributed by atoms with E-state index in [4.69, 9.17) is 14.7 Å². The molecule has 1 fully saturated rings. The van der Waals surface area contributed by atoms with Crippen molar-refractivity contribution in [1.82, 2.24) is 19.9 Å². The number of H-pyrrole nitrogens is 2. The average molecular weight is 466 g/mol. The van der Waals surface area contributed by atoms with E-state index in [-0.39, 0.29) is 5.69 Å². The number of rotatable bonds is 5. The molecular formula is C22H21N6O2S2+. The van der Waals surface area contributed by atoms with Crippen LogP contribution < -0.4 is 15.9 Å². The summed E-state index contributed by atoms with van der Waals surface area (Å²) in [6.07, 6.45) is 0. The van der Waals surface area contributed by atoms with Gasteiger partial charge in [0.15, 0.2) is 5.82 Å². The van der Waals surface area contributed by atoms with Crippen LogP contribution in [-0.4, -0.2) is 46.2 Å². The molecule has 10 heteroatoms. The first-order chi connectivity index (χ1) is 15.7. The third kappa shape index (κ3) is 3.71. The minimum atomic E-state index is -0.213. The first-order valence-electron chi connectivity index (χ1n) is 10.5. The summed E-state index contributed by atoms with van der Waals surface area (Å²) in [5, 5.41) is 8.78. The van der Waals surface area contributed by atoms with Gasteiger partial charge in [-0.1, -0.05) is 6.07 Å².